The zero-order valence-electron chi connectivity index (χ0n) is 14.2. The van der Waals surface area contributed by atoms with E-state index in [9.17, 15) is 9.18 Å². The lowest BCUT2D eigenvalue weighted by molar-refractivity contribution is -0.143. The number of nitrogens with one attached hydrogen (secondary N) is 1. The van der Waals surface area contributed by atoms with Gasteiger partial charge in [0.15, 0.2) is 0 Å². The zero-order chi connectivity index (χ0) is 19.4. The molecule has 1 aromatic heterocycles. The molecule has 2 heterocycles. The Hall–Kier alpha value is -3.56. The van der Waals surface area contributed by atoms with Crippen molar-refractivity contribution in [3.05, 3.63) is 42.0 Å². The number of nitrogens with two attached hydrogens (primary N) is 1. The van der Waals surface area contributed by atoms with Gasteiger partial charge in [0.05, 0.1) is 18.8 Å². The van der Waals surface area contributed by atoms with Crippen LogP contribution in [0.2, 0.25) is 0 Å². The van der Waals surface area contributed by atoms with Gasteiger partial charge in [-0.2, -0.15) is 0 Å². The molecule has 0 atom stereocenters. The minimum absolute atomic E-state index is 0.194. The Bertz CT molecular complexity index is 892. The second kappa shape index (κ2) is 7.77. The van der Waals surface area contributed by atoms with Crippen molar-refractivity contribution >= 4 is 23.5 Å². The number of benzene rings is 1. The van der Waals surface area contributed by atoms with Crippen LogP contribution in [0.1, 0.15) is 12.0 Å². The molecule has 0 unspecified atom stereocenters. The average Bonchev–Trinajstić information content (AvgIpc) is 2.60. The number of aromatic nitrogens is 2. The first kappa shape index (κ1) is 18.2. The minimum Gasteiger partial charge on any atom is -0.460 e. The van der Waals surface area contributed by atoms with Crippen LogP contribution >= 0.6 is 0 Å². The van der Waals surface area contributed by atoms with E-state index in [0.717, 1.165) is 0 Å². The summed E-state index contributed by atoms with van der Waals surface area (Å²) in [7, 11) is 0. The number of rotatable bonds is 6. The maximum atomic E-state index is 14.7. The van der Waals surface area contributed by atoms with Gasteiger partial charge < -0.3 is 20.6 Å². The molecule has 10 heteroatoms. The van der Waals surface area contributed by atoms with Crippen LogP contribution in [0.15, 0.2) is 35.7 Å². The van der Waals surface area contributed by atoms with Gasteiger partial charge in [0.1, 0.15) is 24.7 Å². The smallest absolute Gasteiger partial charge is 0.313 e. The van der Waals surface area contributed by atoms with Crippen LogP contribution in [0.25, 0.3) is 11.1 Å². The average molecular weight is 372 g/mol. The molecule has 140 valence electrons. The predicted molar refractivity (Wildman–Crippen MR) is 95.2 cm³/mol. The van der Waals surface area contributed by atoms with E-state index in [2.05, 4.69) is 15.1 Å². The van der Waals surface area contributed by atoms with Gasteiger partial charge in [-0.05, 0) is 0 Å². The van der Waals surface area contributed by atoms with E-state index in [4.69, 9.17) is 21.1 Å². The van der Waals surface area contributed by atoms with E-state index in [1.807, 2.05) is 0 Å². The number of carbonyl (C=O) groups excluding carboxylic acids is 1. The van der Waals surface area contributed by atoms with Crippen LogP contribution in [0.4, 0.5) is 10.3 Å². The third-order valence-electron chi connectivity index (χ3n) is 3.92. The van der Waals surface area contributed by atoms with Crippen molar-refractivity contribution in [3.8, 4) is 11.1 Å². The van der Waals surface area contributed by atoms with E-state index in [1.54, 1.807) is 17.0 Å². The van der Waals surface area contributed by atoms with Crippen molar-refractivity contribution in [2.75, 3.05) is 18.0 Å². The Labute approximate surface area is 153 Å². The van der Waals surface area contributed by atoms with Crippen molar-refractivity contribution in [3.63, 3.8) is 0 Å². The molecular formula is C17H17FN6O3. The molecule has 1 fully saturated rings. The Morgan fingerprint density at radius 2 is 2.07 bits per heavy atom. The van der Waals surface area contributed by atoms with Crippen LogP contribution in [0.5, 0.6) is 0 Å². The molecule has 27 heavy (non-hydrogen) atoms. The van der Waals surface area contributed by atoms with E-state index in [-0.39, 0.29) is 30.0 Å². The van der Waals surface area contributed by atoms with Gasteiger partial charge in [-0.1, -0.05) is 23.4 Å². The van der Waals surface area contributed by atoms with Crippen LogP contribution in [-0.4, -0.2) is 45.8 Å². The quantitative estimate of drug-likeness (QED) is 0.228. The van der Waals surface area contributed by atoms with Crippen molar-refractivity contribution < 1.29 is 19.1 Å². The maximum Gasteiger partial charge on any atom is 0.313 e. The number of hydrogen-bond acceptors (Lipinski definition) is 8. The number of nitrogens with zero attached hydrogens (tertiary/aromatic N) is 4. The summed E-state index contributed by atoms with van der Waals surface area (Å²) in [6.45, 7) is 0.637. The summed E-state index contributed by atoms with van der Waals surface area (Å²) < 4.78 is 19.7. The van der Waals surface area contributed by atoms with Crippen LogP contribution in [0, 0.1) is 11.2 Å². The molecule has 3 rings (SSSR count). The summed E-state index contributed by atoms with van der Waals surface area (Å²) in [6.07, 6.45) is 2.66. The summed E-state index contributed by atoms with van der Waals surface area (Å²) in [5.74, 6) is -1.09. The summed E-state index contributed by atoms with van der Waals surface area (Å²) in [4.78, 5) is 21.7. The molecule has 0 radical (unpaired) electrons. The monoisotopic (exact) mass is 372 g/mol. The molecule has 1 saturated heterocycles. The molecule has 0 bridgehead atoms. The summed E-state index contributed by atoms with van der Waals surface area (Å²) in [6, 6.07) is 4.72. The number of ether oxygens (including phenoxy) is 1. The van der Waals surface area contributed by atoms with Gasteiger partial charge >= 0.3 is 5.97 Å². The fourth-order valence-corrected chi connectivity index (χ4v) is 2.50. The van der Waals surface area contributed by atoms with Gasteiger partial charge in [0.25, 0.3) is 0 Å². The third kappa shape index (κ3) is 4.17. The standard InChI is InChI=1S/C17H17FN6O3/c18-16-10(9-27-15(25)4-14(19)20)2-1-3-13(16)11-5-21-17(22-6-11)24-7-12(8-24)23-26/h1-3,5-6,26H,4,7-9H2,(H3,19,20). The van der Waals surface area contributed by atoms with Gasteiger partial charge in [0.2, 0.25) is 5.95 Å². The molecule has 1 aliphatic rings. The first-order chi connectivity index (χ1) is 13.0. The molecular weight excluding hydrogens is 355 g/mol. The largest absolute Gasteiger partial charge is 0.460 e. The molecule has 1 aliphatic heterocycles. The molecule has 1 aromatic carbocycles. The number of halogens is 1. The fourth-order valence-electron chi connectivity index (χ4n) is 2.50. The number of esters is 1. The van der Waals surface area contributed by atoms with E-state index in [0.29, 0.717) is 30.3 Å². The van der Waals surface area contributed by atoms with Gasteiger partial charge in [-0.25, -0.2) is 14.4 Å². The summed E-state index contributed by atoms with van der Waals surface area (Å²) >= 11 is 0. The first-order valence-corrected chi connectivity index (χ1v) is 8.01. The number of carbonyl (C=O) groups is 1. The van der Waals surface area contributed by atoms with E-state index >= 15 is 0 Å². The SMILES string of the molecule is N=C(N)CC(=O)OCc1cccc(-c2cnc(N3CC(=NO)C3)nc2)c1F. The van der Waals surface area contributed by atoms with Crippen LogP contribution in [0.3, 0.4) is 0 Å². The summed E-state index contributed by atoms with van der Waals surface area (Å²) in [5.41, 5.74) is 6.72. The number of amidine groups is 1. The van der Waals surface area contributed by atoms with Crippen molar-refractivity contribution in [1.29, 1.82) is 5.41 Å². The highest BCUT2D eigenvalue weighted by molar-refractivity contribution is 5.98. The zero-order valence-corrected chi connectivity index (χ0v) is 14.2. The Kier molecular flexibility index (Phi) is 5.25. The fraction of sp³-hybridized carbons (Fsp3) is 0.235. The van der Waals surface area contributed by atoms with Crippen molar-refractivity contribution in [2.45, 2.75) is 13.0 Å². The topological polar surface area (TPSA) is 138 Å². The lowest BCUT2D eigenvalue weighted by Gasteiger charge is -2.31. The van der Waals surface area contributed by atoms with Crippen molar-refractivity contribution in [2.24, 2.45) is 10.9 Å². The highest BCUT2D eigenvalue weighted by Crippen LogP contribution is 2.25. The molecule has 0 amide bonds. The van der Waals surface area contributed by atoms with Gasteiger partial charge in [0, 0.05) is 29.1 Å². The van der Waals surface area contributed by atoms with E-state index < -0.39 is 11.8 Å². The number of anilines is 1. The molecule has 2 aromatic rings. The van der Waals surface area contributed by atoms with Crippen molar-refractivity contribution in [1.82, 2.24) is 9.97 Å². The van der Waals surface area contributed by atoms with E-state index in [1.165, 1.54) is 18.5 Å². The molecule has 9 nitrogen and oxygen atoms in total. The number of oxime groups is 1. The van der Waals surface area contributed by atoms with Crippen LogP contribution in [-0.2, 0) is 16.1 Å². The Morgan fingerprint density at radius 1 is 1.37 bits per heavy atom. The third-order valence-corrected chi connectivity index (χ3v) is 3.92. The first-order valence-electron chi connectivity index (χ1n) is 8.01. The second-order valence-corrected chi connectivity index (χ2v) is 5.94. The Balaban J connectivity index is 1.71. The Morgan fingerprint density at radius 3 is 2.70 bits per heavy atom. The highest BCUT2D eigenvalue weighted by atomic mass is 19.1. The maximum absolute atomic E-state index is 14.7. The second-order valence-electron chi connectivity index (χ2n) is 5.94. The van der Waals surface area contributed by atoms with Crippen LogP contribution < -0.4 is 10.6 Å². The minimum atomic E-state index is -0.694. The predicted octanol–water partition coefficient (Wildman–Crippen LogP) is 1.30. The lowest BCUT2D eigenvalue weighted by atomic mass is 10.1. The van der Waals surface area contributed by atoms with Gasteiger partial charge in [-0.15, -0.1) is 0 Å². The lowest BCUT2D eigenvalue weighted by Crippen LogP contribution is -2.48. The summed E-state index contributed by atoms with van der Waals surface area (Å²) in [5, 5.41) is 18.8. The highest BCUT2D eigenvalue weighted by Gasteiger charge is 2.24. The molecule has 0 saturated carbocycles. The number of hydrogen-bond donors (Lipinski definition) is 3. The normalized spacial score (nSPS) is 13.1. The molecule has 4 N–H and O–H groups in total. The van der Waals surface area contributed by atoms with Gasteiger partial charge in [-0.3, -0.25) is 10.2 Å². The molecule has 0 spiro atoms. The molecule has 0 aliphatic carbocycles.